The second-order valence-corrected chi connectivity index (χ2v) is 6.39. The quantitative estimate of drug-likeness (QED) is 0.610. The molecule has 0 bridgehead atoms. The van der Waals surface area contributed by atoms with Gasteiger partial charge in [0.1, 0.15) is 6.54 Å². The van der Waals surface area contributed by atoms with Crippen LogP contribution < -0.4 is 20.5 Å². The van der Waals surface area contributed by atoms with Crippen LogP contribution in [0.4, 0.5) is 5.69 Å². The molecule has 0 aliphatic carbocycles. The number of esters is 1. The van der Waals surface area contributed by atoms with Crippen molar-refractivity contribution < 1.29 is 28.2 Å². The molecule has 1 amide bonds. The first-order valence-corrected chi connectivity index (χ1v) is 9.03. The second-order valence-electron chi connectivity index (χ2n) is 6.39. The fourth-order valence-electron chi connectivity index (χ4n) is 2.73. The van der Waals surface area contributed by atoms with Gasteiger partial charge in [-0.25, -0.2) is 4.79 Å². The van der Waals surface area contributed by atoms with Crippen molar-refractivity contribution in [1.82, 2.24) is 9.78 Å². The second kappa shape index (κ2) is 8.11. The number of rotatable bonds is 6. The number of carbonyl (C=O) groups excluding carboxylic acids is 2. The van der Waals surface area contributed by atoms with Crippen LogP contribution in [0.1, 0.15) is 6.92 Å². The molecule has 1 aromatic heterocycles. The number of hydrogen-bond donors (Lipinski definition) is 1. The Labute approximate surface area is 170 Å². The van der Waals surface area contributed by atoms with Crippen LogP contribution in [0.5, 0.6) is 11.5 Å². The minimum atomic E-state index is -1.10. The lowest BCUT2D eigenvalue weighted by Crippen LogP contribution is -2.32. The Morgan fingerprint density at radius 3 is 2.73 bits per heavy atom. The number of amides is 1. The van der Waals surface area contributed by atoms with Crippen LogP contribution in [0.15, 0.2) is 57.7 Å². The molecule has 1 N–H and O–H groups in total. The van der Waals surface area contributed by atoms with Crippen LogP contribution in [0.25, 0.3) is 11.5 Å². The van der Waals surface area contributed by atoms with E-state index in [-0.39, 0.29) is 12.7 Å². The van der Waals surface area contributed by atoms with E-state index in [2.05, 4.69) is 10.4 Å². The van der Waals surface area contributed by atoms with Crippen molar-refractivity contribution in [3.8, 4) is 23.0 Å². The number of anilines is 1. The molecule has 0 spiro atoms. The molecule has 1 atom stereocenters. The van der Waals surface area contributed by atoms with Gasteiger partial charge in [-0.15, -0.1) is 5.10 Å². The van der Waals surface area contributed by atoms with Gasteiger partial charge in [-0.05, 0) is 31.2 Å². The van der Waals surface area contributed by atoms with Crippen molar-refractivity contribution in [3.63, 3.8) is 0 Å². The van der Waals surface area contributed by atoms with Gasteiger partial charge in [-0.2, -0.15) is 4.68 Å². The minimum Gasteiger partial charge on any atom is -0.454 e. The Morgan fingerprint density at radius 2 is 1.93 bits per heavy atom. The summed E-state index contributed by atoms with van der Waals surface area (Å²) in [6, 6.07) is 13.7. The lowest BCUT2D eigenvalue weighted by molar-refractivity contribution is -0.154. The van der Waals surface area contributed by atoms with Gasteiger partial charge in [-0.1, -0.05) is 18.2 Å². The zero-order valence-corrected chi connectivity index (χ0v) is 15.9. The Bertz CT molecular complexity index is 1140. The SMILES string of the molecule is C[C@@H](OC(=O)Cn1nc(-c2ccccc2)oc1=O)C(=O)Nc1ccc2c(c1)OCO2. The van der Waals surface area contributed by atoms with Crippen molar-refractivity contribution in [3.05, 3.63) is 59.1 Å². The maximum Gasteiger partial charge on any atom is 0.437 e. The molecule has 10 nitrogen and oxygen atoms in total. The first-order chi connectivity index (χ1) is 14.5. The van der Waals surface area contributed by atoms with Crippen LogP contribution in [0.2, 0.25) is 0 Å². The number of hydrogen-bond acceptors (Lipinski definition) is 8. The van der Waals surface area contributed by atoms with Crippen LogP contribution in [0, 0.1) is 0 Å². The topological polar surface area (TPSA) is 122 Å². The highest BCUT2D eigenvalue weighted by Gasteiger charge is 2.21. The summed E-state index contributed by atoms with van der Waals surface area (Å²) in [6.45, 7) is 1.05. The van der Waals surface area contributed by atoms with E-state index in [0.717, 1.165) is 4.68 Å². The molecule has 30 heavy (non-hydrogen) atoms. The normalized spacial score (nSPS) is 13.0. The van der Waals surface area contributed by atoms with Gasteiger partial charge in [-0.3, -0.25) is 9.59 Å². The van der Waals surface area contributed by atoms with Gasteiger partial charge in [0.05, 0.1) is 0 Å². The van der Waals surface area contributed by atoms with Crippen molar-refractivity contribution in [1.29, 1.82) is 0 Å². The molecular weight excluding hydrogens is 394 g/mol. The molecule has 1 aliphatic heterocycles. The predicted molar refractivity (Wildman–Crippen MR) is 103 cm³/mol. The van der Waals surface area contributed by atoms with Crippen molar-refractivity contribution in [2.24, 2.45) is 0 Å². The molecule has 0 unspecified atom stereocenters. The fraction of sp³-hybridized carbons (Fsp3) is 0.200. The number of carbonyl (C=O) groups is 2. The monoisotopic (exact) mass is 411 g/mol. The molecule has 0 saturated heterocycles. The average molecular weight is 411 g/mol. The molecule has 0 fully saturated rings. The number of nitrogens with zero attached hydrogens (tertiary/aromatic N) is 2. The standard InChI is InChI=1S/C20H17N3O7/c1-12(18(25)21-14-7-8-15-16(9-14)28-11-27-15)29-17(24)10-23-20(26)30-19(22-23)13-5-3-2-4-6-13/h2-9,12H,10-11H2,1H3,(H,21,25)/t12-/m1/s1. The van der Waals surface area contributed by atoms with Gasteiger partial charge in [0.15, 0.2) is 17.6 Å². The molecule has 3 aromatic rings. The van der Waals surface area contributed by atoms with Gasteiger partial charge in [0, 0.05) is 17.3 Å². The minimum absolute atomic E-state index is 0.0852. The molecule has 2 aromatic carbocycles. The van der Waals surface area contributed by atoms with Gasteiger partial charge < -0.3 is 23.9 Å². The molecule has 2 heterocycles. The summed E-state index contributed by atoms with van der Waals surface area (Å²) >= 11 is 0. The first kappa shape index (κ1) is 19.2. The van der Waals surface area contributed by atoms with E-state index in [4.69, 9.17) is 18.6 Å². The number of ether oxygens (including phenoxy) is 3. The van der Waals surface area contributed by atoms with Gasteiger partial charge in [0.25, 0.3) is 5.91 Å². The Morgan fingerprint density at radius 1 is 1.17 bits per heavy atom. The third-order valence-corrected chi connectivity index (χ3v) is 4.22. The smallest absolute Gasteiger partial charge is 0.437 e. The number of fused-ring (bicyclic) bond motifs is 1. The number of nitrogens with one attached hydrogen (secondary N) is 1. The highest BCUT2D eigenvalue weighted by atomic mass is 16.7. The van der Waals surface area contributed by atoms with E-state index >= 15 is 0 Å². The largest absolute Gasteiger partial charge is 0.454 e. The highest BCUT2D eigenvalue weighted by molar-refractivity contribution is 5.95. The number of benzene rings is 2. The summed E-state index contributed by atoms with van der Waals surface area (Å²) in [4.78, 5) is 36.4. The summed E-state index contributed by atoms with van der Waals surface area (Å²) in [6.07, 6.45) is -1.10. The molecule has 154 valence electrons. The highest BCUT2D eigenvalue weighted by Crippen LogP contribution is 2.34. The number of aromatic nitrogens is 2. The summed E-state index contributed by atoms with van der Waals surface area (Å²) in [5, 5.41) is 6.61. The summed E-state index contributed by atoms with van der Waals surface area (Å²) < 4.78 is 21.5. The van der Waals surface area contributed by atoms with Gasteiger partial charge in [0.2, 0.25) is 12.7 Å². The zero-order chi connectivity index (χ0) is 21.1. The molecule has 4 rings (SSSR count). The van der Waals surface area contributed by atoms with Crippen LogP contribution in [-0.2, 0) is 20.9 Å². The average Bonchev–Trinajstić information content (AvgIpc) is 3.35. The lowest BCUT2D eigenvalue weighted by atomic mass is 10.2. The molecule has 0 radical (unpaired) electrons. The molecule has 0 saturated carbocycles. The maximum atomic E-state index is 12.3. The van der Waals surface area contributed by atoms with Crippen molar-refractivity contribution >= 4 is 17.6 Å². The predicted octanol–water partition coefficient (Wildman–Crippen LogP) is 1.80. The van der Waals surface area contributed by atoms with E-state index in [1.54, 1.807) is 42.5 Å². The third kappa shape index (κ3) is 4.17. The van der Waals surface area contributed by atoms with Crippen LogP contribution in [0.3, 0.4) is 0 Å². The first-order valence-electron chi connectivity index (χ1n) is 9.03. The zero-order valence-electron chi connectivity index (χ0n) is 15.9. The van der Waals surface area contributed by atoms with E-state index in [9.17, 15) is 14.4 Å². The van der Waals surface area contributed by atoms with Gasteiger partial charge >= 0.3 is 11.7 Å². The summed E-state index contributed by atoms with van der Waals surface area (Å²) in [5.74, 6) is -0.971. The summed E-state index contributed by atoms with van der Waals surface area (Å²) in [5.41, 5.74) is 1.06. The Kier molecular flexibility index (Phi) is 5.21. The van der Waals surface area contributed by atoms with Crippen molar-refractivity contribution in [2.45, 2.75) is 19.6 Å². The van der Waals surface area contributed by atoms with E-state index in [1.807, 2.05) is 6.07 Å². The van der Waals surface area contributed by atoms with Crippen LogP contribution >= 0.6 is 0 Å². The molecule has 10 heteroatoms. The third-order valence-electron chi connectivity index (χ3n) is 4.22. The Hall–Kier alpha value is -4.08. The Balaban J connectivity index is 1.35. The fourth-order valence-corrected chi connectivity index (χ4v) is 2.73. The lowest BCUT2D eigenvalue weighted by Gasteiger charge is -2.13. The van der Waals surface area contributed by atoms with Crippen molar-refractivity contribution in [2.75, 3.05) is 12.1 Å². The van der Waals surface area contributed by atoms with E-state index in [0.29, 0.717) is 22.7 Å². The maximum absolute atomic E-state index is 12.3. The van der Waals surface area contributed by atoms with E-state index < -0.39 is 30.3 Å². The van der Waals surface area contributed by atoms with E-state index in [1.165, 1.54) is 6.92 Å². The molecule has 1 aliphatic rings. The summed E-state index contributed by atoms with van der Waals surface area (Å²) in [7, 11) is 0. The van der Waals surface area contributed by atoms with Crippen LogP contribution in [-0.4, -0.2) is 34.6 Å². The molecular formula is C20H17N3O7.